The lowest BCUT2D eigenvalue weighted by Crippen LogP contribution is -2.29. The number of hydrogen-bond acceptors (Lipinski definition) is 3. The number of nitrogens with one attached hydrogen (secondary N) is 3. The minimum Gasteiger partial charge on any atom is -0.376 e. The third-order valence-corrected chi connectivity index (χ3v) is 2.63. The number of likely N-dealkylation sites (N-methyl/N-ethyl adjacent to an activating group) is 1. The molecule has 3 N–H and O–H groups in total. The molecule has 0 aliphatic heterocycles. The monoisotopic (exact) mass is 277 g/mol. The van der Waals surface area contributed by atoms with Gasteiger partial charge in [0.25, 0.3) is 0 Å². The van der Waals surface area contributed by atoms with Crippen molar-refractivity contribution in [2.24, 2.45) is 5.41 Å². The van der Waals surface area contributed by atoms with Crippen LogP contribution in [0.4, 0.5) is 11.4 Å². The molecule has 0 aliphatic rings. The van der Waals surface area contributed by atoms with Gasteiger partial charge >= 0.3 is 0 Å². The van der Waals surface area contributed by atoms with Crippen LogP contribution in [-0.4, -0.2) is 24.9 Å². The Morgan fingerprint density at radius 1 is 1.15 bits per heavy atom. The Hall–Kier alpha value is -2.04. The van der Waals surface area contributed by atoms with Crippen LogP contribution in [0.15, 0.2) is 24.3 Å². The van der Waals surface area contributed by atoms with Crippen LogP contribution in [0.3, 0.4) is 0 Å². The molecule has 1 aromatic rings. The Labute approximate surface area is 120 Å². The van der Waals surface area contributed by atoms with Crippen molar-refractivity contribution in [3.05, 3.63) is 24.3 Å². The zero-order valence-corrected chi connectivity index (χ0v) is 12.5. The summed E-state index contributed by atoms with van der Waals surface area (Å²) in [7, 11) is 0. The maximum Gasteiger partial charge on any atom is 0.239 e. The van der Waals surface area contributed by atoms with E-state index in [4.69, 9.17) is 0 Å². The summed E-state index contributed by atoms with van der Waals surface area (Å²) in [5.74, 6) is -0.102. The quantitative estimate of drug-likeness (QED) is 0.773. The Morgan fingerprint density at radius 2 is 1.80 bits per heavy atom. The highest BCUT2D eigenvalue weighted by Crippen LogP contribution is 2.19. The zero-order valence-electron chi connectivity index (χ0n) is 12.5. The van der Waals surface area contributed by atoms with E-state index in [1.54, 1.807) is 0 Å². The van der Waals surface area contributed by atoms with Gasteiger partial charge in [0.15, 0.2) is 0 Å². The predicted molar refractivity (Wildman–Crippen MR) is 81.7 cm³/mol. The number of carbonyl (C=O) groups excluding carboxylic acids is 2. The van der Waals surface area contributed by atoms with E-state index >= 15 is 0 Å². The molecule has 0 fully saturated rings. The van der Waals surface area contributed by atoms with Crippen molar-refractivity contribution in [3.63, 3.8) is 0 Å². The predicted octanol–water partition coefficient (Wildman–Crippen LogP) is 2.22. The number of anilines is 2. The number of rotatable bonds is 5. The van der Waals surface area contributed by atoms with Crippen LogP contribution >= 0.6 is 0 Å². The van der Waals surface area contributed by atoms with Crippen molar-refractivity contribution >= 4 is 23.2 Å². The number of carbonyl (C=O) groups is 2. The van der Waals surface area contributed by atoms with Gasteiger partial charge < -0.3 is 16.0 Å². The minimum atomic E-state index is -0.440. The molecule has 0 radical (unpaired) electrons. The van der Waals surface area contributed by atoms with Gasteiger partial charge in [-0.25, -0.2) is 0 Å². The summed E-state index contributed by atoms with van der Waals surface area (Å²) >= 11 is 0. The summed E-state index contributed by atoms with van der Waals surface area (Å²) < 4.78 is 0. The van der Waals surface area contributed by atoms with E-state index in [2.05, 4.69) is 16.0 Å². The average molecular weight is 277 g/mol. The molecule has 0 aromatic heterocycles. The molecule has 110 valence electrons. The van der Waals surface area contributed by atoms with Crippen molar-refractivity contribution in [3.8, 4) is 0 Å². The van der Waals surface area contributed by atoms with Crippen molar-refractivity contribution in [2.75, 3.05) is 23.7 Å². The minimum absolute atomic E-state index is 0.0432. The lowest BCUT2D eigenvalue weighted by molar-refractivity contribution is -0.123. The van der Waals surface area contributed by atoms with Gasteiger partial charge in [0.05, 0.1) is 6.54 Å². The van der Waals surface area contributed by atoms with Crippen LogP contribution in [0, 0.1) is 5.41 Å². The van der Waals surface area contributed by atoms with Crippen molar-refractivity contribution in [1.29, 1.82) is 0 Å². The summed E-state index contributed by atoms with van der Waals surface area (Å²) in [5.41, 5.74) is 1.07. The van der Waals surface area contributed by atoms with E-state index in [-0.39, 0.29) is 18.4 Å². The second kappa shape index (κ2) is 6.93. The standard InChI is InChI=1S/C15H23N3O2/c1-5-16-13(19)10-17-11-7-6-8-12(9-11)18-14(20)15(2,3)4/h6-9,17H,5,10H2,1-4H3,(H,16,19)(H,18,20). The van der Waals surface area contributed by atoms with Crippen molar-refractivity contribution in [1.82, 2.24) is 5.32 Å². The highest BCUT2D eigenvalue weighted by Gasteiger charge is 2.21. The first-order chi connectivity index (χ1) is 9.32. The highest BCUT2D eigenvalue weighted by molar-refractivity contribution is 5.95. The largest absolute Gasteiger partial charge is 0.376 e. The molecule has 5 heteroatoms. The van der Waals surface area contributed by atoms with E-state index < -0.39 is 5.41 Å². The molecule has 1 rings (SSSR count). The fraction of sp³-hybridized carbons (Fsp3) is 0.467. The Kier molecular flexibility index (Phi) is 5.55. The number of benzene rings is 1. The van der Waals surface area contributed by atoms with Crippen molar-refractivity contribution < 1.29 is 9.59 Å². The molecule has 0 bridgehead atoms. The molecule has 0 saturated heterocycles. The molecule has 1 aromatic carbocycles. The van der Waals surface area contributed by atoms with E-state index in [1.807, 2.05) is 52.0 Å². The van der Waals surface area contributed by atoms with Crippen molar-refractivity contribution in [2.45, 2.75) is 27.7 Å². The smallest absolute Gasteiger partial charge is 0.239 e. The summed E-state index contributed by atoms with van der Waals surface area (Å²) in [6.07, 6.45) is 0. The number of hydrogen-bond donors (Lipinski definition) is 3. The van der Waals surface area contributed by atoms with Gasteiger partial charge in [0.1, 0.15) is 0 Å². The van der Waals surface area contributed by atoms with Gasteiger partial charge in [-0.15, -0.1) is 0 Å². The van der Waals surface area contributed by atoms with Crippen LogP contribution in [0.25, 0.3) is 0 Å². The maximum atomic E-state index is 11.9. The first-order valence-electron chi connectivity index (χ1n) is 6.75. The molecule has 0 saturated carbocycles. The molecule has 20 heavy (non-hydrogen) atoms. The number of amides is 2. The SMILES string of the molecule is CCNC(=O)CNc1cccc(NC(=O)C(C)(C)C)c1. The Bertz CT molecular complexity index is 478. The van der Waals surface area contributed by atoms with E-state index in [0.717, 1.165) is 5.69 Å². The lowest BCUT2D eigenvalue weighted by Gasteiger charge is -2.18. The Balaban J connectivity index is 2.62. The summed E-state index contributed by atoms with van der Waals surface area (Å²) in [5, 5.41) is 8.59. The molecule has 0 unspecified atom stereocenters. The van der Waals surface area contributed by atoms with Gasteiger partial charge in [-0.3, -0.25) is 9.59 Å². The third-order valence-electron chi connectivity index (χ3n) is 2.63. The second-order valence-corrected chi connectivity index (χ2v) is 5.59. The molecule has 0 atom stereocenters. The molecular weight excluding hydrogens is 254 g/mol. The third kappa shape index (κ3) is 5.30. The fourth-order valence-corrected chi connectivity index (χ4v) is 1.47. The first kappa shape index (κ1) is 16.0. The second-order valence-electron chi connectivity index (χ2n) is 5.59. The molecule has 2 amide bonds. The summed E-state index contributed by atoms with van der Waals surface area (Å²) in [6, 6.07) is 7.31. The molecule has 0 spiro atoms. The fourth-order valence-electron chi connectivity index (χ4n) is 1.47. The van der Waals surface area contributed by atoms with Gasteiger partial charge in [-0.1, -0.05) is 26.8 Å². The first-order valence-corrected chi connectivity index (χ1v) is 6.75. The van der Waals surface area contributed by atoms with Gasteiger partial charge in [0.2, 0.25) is 11.8 Å². The molecular formula is C15H23N3O2. The van der Waals surface area contributed by atoms with Crippen LogP contribution in [-0.2, 0) is 9.59 Å². The topological polar surface area (TPSA) is 70.2 Å². The summed E-state index contributed by atoms with van der Waals surface area (Å²) in [4.78, 5) is 23.3. The van der Waals surface area contributed by atoms with Crippen LogP contribution in [0.1, 0.15) is 27.7 Å². The van der Waals surface area contributed by atoms with E-state index in [0.29, 0.717) is 12.2 Å². The molecule has 0 aliphatic carbocycles. The molecule has 5 nitrogen and oxygen atoms in total. The lowest BCUT2D eigenvalue weighted by atomic mass is 9.95. The van der Waals surface area contributed by atoms with Crippen LogP contribution in [0.5, 0.6) is 0 Å². The average Bonchev–Trinajstić information content (AvgIpc) is 2.36. The van der Waals surface area contributed by atoms with Crippen LogP contribution < -0.4 is 16.0 Å². The Morgan fingerprint density at radius 3 is 2.40 bits per heavy atom. The maximum absolute atomic E-state index is 11.9. The van der Waals surface area contributed by atoms with Gasteiger partial charge in [-0.05, 0) is 25.1 Å². The highest BCUT2D eigenvalue weighted by atomic mass is 16.2. The van der Waals surface area contributed by atoms with Crippen LogP contribution in [0.2, 0.25) is 0 Å². The van der Waals surface area contributed by atoms with E-state index in [1.165, 1.54) is 0 Å². The van der Waals surface area contributed by atoms with E-state index in [9.17, 15) is 9.59 Å². The summed E-state index contributed by atoms with van der Waals surface area (Å²) in [6.45, 7) is 8.28. The zero-order chi connectivity index (χ0) is 15.2. The van der Waals surface area contributed by atoms with Gasteiger partial charge in [0, 0.05) is 23.3 Å². The molecule has 0 heterocycles. The van der Waals surface area contributed by atoms with Gasteiger partial charge in [-0.2, -0.15) is 0 Å². The normalized spacial score (nSPS) is 10.8.